The molecule has 1 atom stereocenters. The van der Waals surface area contributed by atoms with E-state index >= 15 is 0 Å². The van der Waals surface area contributed by atoms with Gasteiger partial charge in [0.15, 0.2) is 11.5 Å². The lowest BCUT2D eigenvalue weighted by Crippen LogP contribution is -2.30. The van der Waals surface area contributed by atoms with E-state index in [1.165, 1.54) is 12.1 Å². The number of hydrogen-bond acceptors (Lipinski definition) is 4. The van der Waals surface area contributed by atoms with E-state index in [0.29, 0.717) is 24.7 Å². The predicted octanol–water partition coefficient (Wildman–Crippen LogP) is 2.15. The van der Waals surface area contributed by atoms with Gasteiger partial charge in [0.2, 0.25) is 0 Å². The lowest BCUT2D eigenvalue weighted by molar-refractivity contribution is 0.169. The normalized spacial score (nSPS) is 14.9. The maximum absolute atomic E-state index is 13.0. The molecule has 4 nitrogen and oxygen atoms in total. The highest BCUT2D eigenvalue weighted by atomic mass is 19.1. The molecule has 1 aliphatic rings. The Hall–Kier alpha value is -2.11. The molecule has 1 unspecified atom stereocenters. The summed E-state index contributed by atoms with van der Waals surface area (Å²) in [5.74, 6) is 6.78. The Labute approximate surface area is 116 Å². The van der Waals surface area contributed by atoms with Crippen LogP contribution in [0.5, 0.6) is 11.5 Å². The van der Waals surface area contributed by atoms with Crippen LogP contribution in [0.4, 0.5) is 4.39 Å². The van der Waals surface area contributed by atoms with Crippen molar-refractivity contribution < 1.29 is 13.9 Å². The van der Waals surface area contributed by atoms with Crippen LogP contribution in [0.2, 0.25) is 0 Å². The Morgan fingerprint density at radius 2 is 1.80 bits per heavy atom. The van der Waals surface area contributed by atoms with Crippen molar-refractivity contribution in [3.63, 3.8) is 0 Å². The van der Waals surface area contributed by atoms with Crippen molar-refractivity contribution in [2.45, 2.75) is 6.04 Å². The second kappa shape index (κ2) is 5.48. The third-order valence-electron chi connectivity index (χ3n) is 3.28. The minimum atomic E-state index is -0.285. The van der Waals surface area contributed by atoms with Gasteiger partial charge in [-0.15, -0.1) is 0 Å². The summed E-state index contributed by atoms with van der Waals surface area (Å²) in [6.45, 7) is 1.04. The number of ether oxygens (including phenoxy) is 2. The number of halogens is 1. The maximum Gasteiger partial charge on any atom is 0.166 e. The van der Waals surface area contributed by atoms with Gasteiger partial charge in [0.1, 0.15) is 19.0 Å². The van der Waals surface area contributed by atoms with Crippen LogP contribution in [-0.2, 0) is 0 Å². The number of nitrogens with one attached hydrogen (secondary N) is 1. The van der Waals surface area contributed by atoms with Crippen molar-refractivity contribution in [2.24, 2.45) is 5.84 Å². The van der Waals surface area contributed by atoms with Crippen molar-refractivity contribution in [2.75, 3.05) is 13.2 Å². The Morgan fingerprint density at radius 3 is 2.55 bits per heavy atom. The van der Waals surface area contributed by atoms with Crippen LogP contribution in [0.15, 0.2) is 42.5 Å². The van der Waals surface area contributed by atoms with Gasteiger partial charge in [-0.05, 0) is 23.8 Å². The van der Waals surface area contributed by atoms with Crippen LogP contribution in [0, 0.1) is 5.82 Å². The monoisotopic (exact) mass is 274 g/mol. The summed E-state index contributed by atoms with van der Waals surface area (Å²) in [4.78, 5) is 0. The lowest BCUT2D eigenvalue weighted by atomic mass is 9.98. The molecule has 104 valence electrons. The van der Waals surface area contributed by atoms with Crippen LogP contribution < -0.4 is 20.7 Å². The van der Waals surface area contributed by atoms with Gasteiger partial charge in [0.25, 0.3) is 0 Å². The SMILES string of the molecule is NNC(c1ccc(F)cc1)c1cccc2c1OCCO2. The van der Waals surface area contributed by atoms with Crippen LogP contribution in [0.1, 0.15) is 17.2 Å². The zero-order chi connectivity index (χ0) is 13.9. The molecule has 20 heavy (non-hydrogen) atoms. The predicted molar refractivity (Wildman–Crippen MR) is 73.0 cm³/mol. The molecule has 0 aromatic heterocycles. The number of rotatable bonds is 3. The van der Waals surface area contributed by atoms with Gasteiger partial charge in [-0.2, -0.15) is 0 Å². The molecule has 2 aromatic carbocycles. The number of para-hydroxylation sites is 1. The fourth-order valence-electron chi connectivity index (χ4n) is 2.34. The van der Waals surface area contributed by atoms with Gasteiger partial charge in [0.05, 0.1) is 6.04 Å². The summed E-state index contributed by atoms with van der Waals surface area (Å²) in [6.07, 6.45) is 0. The maximum atomic E-state index is 13.0. The highest BCUT2D eigenvalue weighted by molar-refractivity contribution is 5.51. The molecule has 0 fully saturated rings. The average Bonchev–Trinajstić information content (AvgIpc) is 2.50. The molecule has 0 saturated heterocycles. The van der Waals surface area contributed by atoms with Gasteiger partial charge in [-0.1, -0.05) is 24.3 Å². The van der Waals surface area contributed by atoms with Crippen molar-refractivity contribution in [3.8, 4) is 11.5 Å². The van der Waals surface area contributed by atoms with Gasteiger partial charge >= 0.3 is 0 Å². The molecule has 0 bridgehead atoms. The first-order valence-electron chi connectivity index (χ1n) is 6.39. The Balaban J connectivity index is 2.03. The van der Waals surface area contributed by atoms with Gasteiger partial charge < -0.3 is 9.47 Å². The Kier molecular flexibility index (Phi) is 3.54. The summed E-state index contributed by atoms with van der Waals surface area (Å²) in [5.41, 5.74) is 4.48. The molecular weight excluding hydrogens is 259 g/mol. The Morgan fingerprint density at radius 1 is 1.05 bits per heavy atom. The second-order valence-electron chi connectivity index (χ2n) is 4.52. The molecule has 3 rings (SSSR count). The van der Waals surface area contributed by atoms with E-state index in [1.807, 2.05) is 18.2 Å². The molecule has 0 amide bonds. The quantitative estimate of drug-likeness (QED) is 0.665. The van der Waals surface area contributed by atoms with Crippen LogP contribution in [0.3, 0.4) is 0 Å². The molecule has 1 heterocycles. The molecular formula is C15H15FN2O2. The van der Waals surface area contributed by atoms with Crippen LogP contribution in [0.25, 0.3) is 0 Å². The average molecular weight is 274 g/mol. The number of fused-ring (bicyclic) bond motifs is 1. The fourth-order valence-corrected chi connectivity index (χ4v) is 2.34. The summed E-state index contributed by atoms with van der Waals surface area (Å²) < 4.78 is 24.3. The van der Waals surface area contributed by atoms with E-state index in [9.17, 15) is 4.39 Å². The Bertz CT molecular complexity index is 601. The van der Waals surface area contributed by atoms with Crippen molar-refractivity contribution in [1.82, 2.24) is 5.43 Å². The first kappa shape index (κ1) is 12.9. The van der Waals surface area contributed by atoms with Crippen molar-refractivity contribution >= 4 is 0 Å². The highest BCUT2D eigenvalue weighted by Crippen LogP contribution is 2.38. The minimum Gasteiger partial charge on any atom is -0.486 e. The summed E-state index contributed by atoms with van der Waals surface area (Å²) >= 11 is 0. The summed E-state index contributed by atoms with van der Waals surface area (Å²) in [5, 5.41) is 0. The number of hydrogen-bond donors (Lipinski definition) is 2. The first-order chi connectivity index (χ1) is 9.79. The zero-order valence-corrected chi connectivity index (χ0v) is 10.8. The standard InChI is InChI=1S/C15H15FN2O2/c16-11-6-4-10(5-7-11)14(18-17)12-2-1-3-13-15(12)20-9-8-19-13/h1-7,14,18H,8-9,17H2. The molecule has 0 spiro atoms. The second-order valence-corrected chi connectivity index (χ2v) is 4.52. The molecule has 0 aliphatic carbocycles. The van der Waals surface area contributed by atoms with E-state index in [-0.39, 0.29) is 11.9 Å². The van der Waals surface area contributed by atoms with E-state index < -0.39 is 0 Å². The minimum absolute atomic E-state index is 0.279. The summed E-state index contributed by atoms with van der Waals surface area (Å²) in [7, 11) is 0. The molecule has 5 heteroatoms. The molecule has 0 radical (unpaired) electrons. The van der Waals surface area contributed by atoms with Crippen LogP contribution >= 0.6 is 0 Å². The largest absolute Gasteiger partial charge is 0.486 e. The highest BCUT2D eigenvalue weighted by Gasteiger charge is 2.22. The van der Waals surface area contributed by atoms with Crippen molar-refractivity contribution in [1.29, 1.82) is 0 Å². The topological polar surface area (TPSA) is 56.5 Å². The third-order valence-corrected chi connectivity index (χ3v) is 3.28. The van der Waals surface area contributed by atoms with Crippen molar-refractivity contribution in [3.05, 3.63) is 59.4 Å². The molecule has 3 N–H and O–H groups in total. The number of hydrazine groups is 1. The van der Waals surface area contributed by atoms with E-state index in [2.05, 4.69) is 5.43 Å². The zero-order valence-electron chi connectivity index (χ0n) is 10.8. The molecule has 1 aliphatic heterocycles. The third kappa shape index (κ3) is 2.33. The smallest absolute Gasteiger partial charge is 0.166 e. The lowest BCUT2D eigenvalue weighted by Gasteiger charge is -2.25. The first-order valence-corrected chi connectivity index (χ1v) is 6.39. The van der Waals surface area contributed by atoms with Gasteiger partial charge in [0, 0.05) is 5.56 Å². The van der Waals surface area contributed by atoms with Gasteiger partial charge in [-0.25, -0.2) is 9.82 Å². The van der Waals surface area contributed by atoms with Crippen LogP contribution in [-0.4, -0.2) is 13.2 Å². The van der Waals surface area contributed by atoms with E-state index in [4.69, 9.17) is 15.3 Å². The number of benzene rings is 2. The fraction of sp³-hybridized carbons (Fsp3) is 0.200. The summed E-state index contributed by atoms with van der Waals surface area (Å²) in [6, 6.07) is 11.6. The molecule has 2 aromatic rings. The number of nitrogens with two attached hydrogens (primary N) is 1. The van der Waals surface area contributed by atoms with Gasteiger partial charge in [-0.3, -0.25) is 5.84 Å². The van der Waals surface area contributed by atoms with E-state index in [1.54, 1.807) is 12.1 Å². The molecule has 0 saturated carbocycles. The van der Waals surface area contributed by atoms with E-state index in [0.717, 1.165) is 11.1 Å².